The highest BCUT2D eigenvalue weighted by Gasteiger charge is 2.08. The van der Waals surface area contributed by atoms with Gasteiger partial charge in [-0.2, -0.15) is 0 Å². The van der Waals surface area contributed by atoms with Crippen molar-refractivity contribution in [2.75, 3.05) is 25.2 Å². The van der Waals surface area contributed by atoms with Gasteiger partial charge in [0, 0.05) is 25.3 Å². The van der Waals surface area contributed by atoms with E-state index in [2.05, 4.69) is 5.32 Å². The van der Waals surface area contributed by atoms with Crippen LogP contribution in [0.25, 0.3) is 0 Å². The second kappa shape index (κ2) is 9.47. The van der Waals surface area contributed by atoms with Crippen LogP contribution in [-0.2, 0) is 14.3 Å². The molecule has 0 aliphatic rings. The number of thioether (sulfide) groups is 1. The van der Waals surface area contributed by atoms with Crippen LogP contribution >= 0.6 is 11.8 Å². The van der Waals surface area contributed by atoms with Crippen LogP contribution in [0.2, 0.25) is 0 Å². The van der Waals surface area contributed by atoms with Crippen molar-refractivity contribution in [3.8, 4) is 0 Å². The average molecular weight is 249 g/mol. The maximum Gasteiger partial charge on any atom is 0.303 e. The number of amides is 1. The SMILES string of the molecule is COCCSCC(=O)NC(C)CCC(=O)O. The highest BCUT2D eigenvalue weighted by Crippen LogP contribution is 2.01. The van der Waals surface area contributed by atoms with E-state index in [-0.39, 0.29) is 18.4 Å². The molecule has 0 aromatic heterocycles. The smallest absolute Gasteiger partial charge is 0.303 e. The number of nitrogens with one attached hydrogen (secondary N) is 1. The van der Waals surface area contributed by atoms with Crippen molar-refractivity contribution in [1.29, 1.82) is 0 Å². The van der Waals surface area contributed by atoms with E-state index < -0.39 is 5.97 Å². The number of carboxylic acid groups (broad SMARTS) is 1. The lowest BCUT2D eigenvalue weighted by Crippen LogP contribution is -2.34. The van der Waals surface area contributed by atoms with Crippen molar-refractivity contribution in [2.45, 2.75) is 25.8 Å². The minimum atomic E-state index is -0.837. The minimum Gasteiger partial charge on any atom is -0.481 e. The summed E-state index contributed by atoms with van der Waals surface area (Å²) in [4.78, 5) is 21.6. The number of carbonyl (C=O) groups excluding carboxylic acids is 1. The van der Waals surface area contributed by atoms with Gasteiger partial charge in [-0.05, 0) is 13.3 Å². The lowest BCUT2D eigenvalue weighted by atomic mass is 10.2. The maximum atomic E-state index is 11.3. The van der Waals surface area contributed by atoms with Crippen molar-refractivity contribution in [2.24, 2.45) is 0 Å². The summed E-state index contributed by atoms with van der Waals surface area (Å²) in [5, 5.41) is 11.2. The average Bonchev–Trinajstić information content (AvgIpc) is 2.21. The van der Waals surface area contributed by atoms with E-state index in [1.807, 2.05) is 0 Å². The fourth-order valence-corrected chi connectivity index (χ4v) is 1.73. The van der Waals surface area contributed by atoms with Crippen LogP contribution in [-0.4, -0.2) is 48.2 Å². The molecular weight excluding hydrogens is 230 g/mol. The lowest BCUT2D eigenvalue weighted by Gasteiger charge is -2.12. The quantitative estimate of drug-likeness (QED) is 0.589. The summed E-state index contributed by atoms with van der Waals surface area (Å²) in [6, 6.07) is -0.0911. The monoisotopic (exact) mass is 249 g/mol. The van der Waals surface area contributed by atoms with Gasteiger partial charge in [0.25, 0.3) is 0 Å². The number of carbonyl (C=O) groups is 2. The number of hydrogen-bond donors (Lipinski definition) is 2. The van der Waals surface area contributed by atoms with Crippen LogP contribution in [0.5, 0.6) is 0 Å². The minimum absolute atomic E-state index is 0.0565. The molecule has 0 spiro atoms. The molecule has 0 aliphatic carbocycles. The lowest BCUT2D eigenvalue weighted by molar-refractivity contribution is -0.137. The topological polar surface area (TPSA) is 75.6 Å². The molecule has 5 nitrogen and oxygen atoms in total. The van der Waals surface area contributed by atoms with Crippen LogP contribution in [0.3, 0.4) is 0 Å². The maximum absolute atomic E-state index is 11.3. The molecule has 0 fully saturated rings. The summed E-state index contributed by atoms with van der Waals surface area (Å²) < 4.78 is 4.85. The van der Waals surface area contributed by atoms with Gasteiger partial charge < -0.3 is 15.2 Å². The standard InChI is InChI=1S/C10H19NO4S/c1-8(3-4-10(13)14)11-9(12)7-16-6-5-15-2/h8H,3-7H2,1-2H3,(H,11,12)(H,13,14). The molecule has 1 atom stereocenters. The fraction of sp³-hybridized carbons (Fsp3) is 0.800. The van der Waals surface area contributed by atoms with E-state index in [0.717, 1.165) is 5.75 Å². The number of carboxylic acids is 1. The number of ether oxygens (including phenoxy) is 1. The summed E-state index contributed by atoms with van der Waals surface area (Å²) in [6.07, 6.45) is 0.544. The van der Waals surface area contributed by atoms with Gasteiger partial charge in [0.2, 0.25) is 5.91 Å². The molecule has 0 heterocycles. The summed E-state index contributed by atoms with van der Waals surface area (Å²) in [5.41, 5.74) is 0. The summed E-state index contributed by atoms with van der Waals surface area (Å²) in [6.45, 7) is 2.44. The Morgan fingerprint density at radius 2 is 2.19 bits per heavy atom. The van der Waals surface area contributed by atoms with Crippen LogP contribution in [0.15, 0.2) is 0 Å². The number of methoxy groups -OCH3 is 1. The first-order valence-electron chi connectivity index (χ1n) is 5.14. The molecule has 6 heteroatoms. The van der Waals surface area contributed by atoms with Crippen molar-refractivity contribution in [3.63, 3.8) is 0 Å². The molecule has 0 aromatic rings. The first-order valence-corrected chi connectivity index (χ1v) is 6.29. The zero-order chi connectivity index (χ0) is 12.4. The van der Waals surface area contributed by atoms with Gasteiger partial charge in [-0.3, -0.25) is 9.59 Å². The van der Waals surface area contributed by atoms with Crippen LogP contribution in [0.1, 0.15) is 19.8 Å². The Balaban J connectivity index is 3.50. The van der Waals surface area contributed by atoms with Crippen molar-refractivity contribution in [1.82, 2.24) is 5.32 Å². The molecule has 16 heavy (non-hydrogen) atoms. The molecule has 0 bridgehead atoms. The van der Waals surface area contributed by atoms with Gasteiger partial charge in [0.05, 0.1) is 12.4 Å². The largest absolute Gasteiger partial charge is 0.481 e. The number of aliphatic carboxylic acids is 1. The molecule has 0 saturated heterocycles. The third-order valence-corrected chi connectivity index (χ3v) is 2.79. The van der Waals surface area contributed by atoms with Crippen LogP contribution < -0.4 is 5.32 Å². The van der Waals surface area contributed by atoms with Gasteiger partial charge in [0.1, 0.15) is 0 Å². The Labute approximate surface area is 99.9 Å². The van der Waals surface area contributed by atoms with Gasteiger partial charge in [-0.25, -0.2) is 0 Å². The molecule has 0 rings (SSSR count). The van der Waals surface area contributed by atoms with E-state index in [1.54, 1.807) is 14.0 Å². The number of rotatable bonds is 9. The second-order valence-electron chi connectivity index (χ2n) is 3.45. The summed E-state index contributed by atoms with van der Waals surface area (Å²) >= 11 is 1.50. The molecule has 0 saturated carbocycles. The van der Waals surface area contributed by atoms with E-state index in [4.69, 9.17) is 9.84 Å². The molecule has 1 amide bonds. The third-order valence-electron chi connectivity index (χ3n) is 1.86. The first-order chi connectivity index (χ1) is 7.56. The summed E-state index contributed by atoms with van der Waals surface area (Å²) in [7, 11) is 1.62. The normalized spacial score (nSPS) is 12.1. The van der Waals surface area contributed by atoms with Gasteiger partial charge in [-0.15, -0.1) is 11.8 Å². The molecule has 1 unspecified atom stereocenters. The Bertz CT molecular complexity index is 223. The Morgan fingerprint density at radius 1 is 1.50 bits per heavy atom. The predicted molar refractivity (Wildman–Crippen MR) is 63.7 cm³/mol. The predicted octanol–water partition coefficient (Wildman–Crippen LogP) is 0.735. The molecule has 94 valence electrons. The highest BCUT2D eigenvalue weighted by molar-refractivity contribution is 7.99. The van der Waals surface area contributed by atoms with Crippen LogP contribution in [0.4, 0.5) is 0 Å². The van der Waals surface area contributed by atoms with Crippen molar-refractivity contribution >= 4 is 23.6 Å². The molecule has 0 radical (unpaired) electrons. The Morgan fingerprint density at radius 3 is 2.75 bits per heavy atom. The zero-order valence-corrected chi connectivity index (χ0v) is 10.5. The Hall–Kier alpha value is -0.750. The highest BCUT2D eigenvalue weighted by atomic mass is 32.2. The zero-order valence-electron chi connectivity index (χ0n) is 9.69. The van der Waals surface area contributed by atoms with E-state index >= 15 is 0 Å². The molecule has 2 N–H and O–H groups in total. The van der Waals surface area contributed by atoms with Gasteiger partial charge >= 0.3 is 5.97 Å². The van der Waals surface area contributed by atoms with Crippen LogP contribution in [0, 0.1) is 0 Å². The summed E-state index contributed by atoms with van der Waals surface area (Å²) in [5.74, 6) is 0.281. The molecule has 0 aliphatic heterocycles. The fourth-order valence-electron chi connectivity index (χ4n) is 1.04. The first kappa shape index (κ1) is 15.2. The van der Waals surface area contributed by atoms with Crippen molar-refractivity contribution in [3.05, 3.63) is 0 Å². The molecule has 0 aromatic carbocycles. The van der Waals surface area contributed by atoms with Gasteiger partial charge in [0.15, 0.2) is 0 Å². The van der Waals surface area contributed by atoms with Gasteiger partial charge in [-0.1, -0.05) is 0 Å². The van der Waals surface area contributed by atoms with E-state index in [0.29, 0.717) is 18.8 Å². The van der Waals surface area contributed by atoms with E-state index in [9.17, 15) is 9.59 Å². The number of hydrogen-bond acceptors (Lipinski definition) is 4. The third kappa shape index (κ3) is 9.79. The second-order valence-corrected chi connectivity index (χ2v) is 4.55. The van der Waals surface area contributed by atoms with Crippen molar-refractivity contribution < 1.29 is 19.4 Å². The molecular formula is C10H19NO4S. The Kier molecular flexibility index (Phi) is 9.03. The van der Waals surface area contributed by atoms with E-state index in [1.165, 1.54) is 11.8 Å².